The predicted molar refractivity (Wildman–Crippen MR) is 237 cm³/mol. The zero-order valence-electron chi connectivity index (χ0n) is 30.9. The van der Waals surface area contributed by atoms with Crippen LogP contribution in [-0.4, -0.2) is 11.7 Å². The Morgan fingerprint density at radius 2 is 0.982 bits per heavy atom. The van der Waals surface area contributed by atoms with Crippen molar-refractivity contribution in [3.05, 3.63) is 217 Å². The third-order valence-corrected chi connectivity index (χ3v) is 11.2. The maximum Gasteiger partial charge on any atom is 0.159 e. The monoisotopic (exact) mass is 729 g/mol. The van der Waals surface area contributed by atoms with Crippen molar-refractivity contribution >= 4 is 55.2 Å². The number of hydrogen-bond donors (Lipinski definition) is 1. The Balaban J connectivity index is 1.08. The summed E-state index contributed by atoms with van der Waals surface area (Å²) in [4.78, 5) is 10.4. The molecule has 1 aliphatic heterocycles. The minimum absolute atomic E-state index is 0.373. The fraction of sp³-hybridized carbons (Fsp3) is 0.0189. The van der Waals surface area contributed by atoms with Crippen LogP contribution in [0.4, 0.5) is 0 Å². The van der Waals surface area contributed by atoms with Crippen LogP contribution in [0, 0.1) is 0 Å². The van der Waals surface area contributed by atoms with Crippen LogP contribution in [0.15, 0.2) is 215 Å². The Morgan fingerprint density at radius 1 is 0.421 bits per heavy atom. The van der Waals surface area contributed by atoms with Gasteiger partial charge >= 0.3 is 0 Å². The van der Waals surface area contributed by atoms with Gasteiger partial charge in [-0.2, -0.15) is 0 Å². The molecule has 4 heteroatoms. The van der Waals surface area contributed by atoms with Crippen molar-refractivity contribution in [1.29, 1.82) is 0 Å². The van der Waals surface area contributed by atoms with E-state index in [4.69, 9.17) is 14.4 Å². The number of hydrogen-bond acceptors (Lipinski definition) is 4. The molecule has 4 nitrogen and oxygen atoms in total. The van der Waals surface area contributed by atoms with E-state index in [2.05, 4.69) is 181 Å². The fourth-order valence-electron chi connectivity index (χ4n) is 8.35. The van der Waals surface area contributed by atoms with E-state index in [0.717, 1.165) is 88.4 Å². The van der Waals surface area contributed by atoms with Gasteiger partial charge in [0, 0.05) is 33.0 Å². The Morgan fingerprint density at radius 3 is 1.72 bits per heavy atom. The molecule has 1 atom stereocenters. The number of fused-ring (bicyclic) bond motifs is 5. The second kappa shape index (κ2) is 13.6. The second-order valence-electron chi connectivity index (χ2n) is 14.5. The first-order valence-electron chi connectivity index (χ1n) is 19.3. The topological polar surface area (TPSA) is 49.9 Å². The standard InChI is InChI=1S/C53H35N3O/c1-4-14-34(15-5-1)35-24-26-38(27-25-35)52-54-51(37-18-8-3-9-19-37)55-53(56-52)46-31-29-44(42-22-12-13-23-43(42)46)45-30-28-41(36-16-6-2-7-17-36)50-49(45)47-32-39-20-10-11-21-40(39)33-48(47)57-50/h1-33,53H,(H,54,55,56). The lowest BCUT2D eigenvalue weighted by molar-refractivity contribution is 0.670. The zero-order valence-corrected chi connectivity index (χ0v) is 30.9. The van der Waals surface area contributed by atoms with Crippen molar-refractivity contribution in [3.63, 3.8) is 0 Å². The molecule has 0 fully saturated rings. The highest BCUT2D eigenvalue weighted by Gasteiger charge is 2.25. The summed E-state index contributed by atoms with van der Waals surface area (Å²) in [7, 11) is 0. The van der Waals surface area contributed by atoms with E-state index in [-0.39, 0.29) is 6.17 Å². The molecule has 0 saturated heterocycles. The first-order valence-corrected chi connectivity index (χ1v) is 19.3. The lowest BCUT2D eigenvalue weighted by Crippen LogP contribution is -2.33. The Hall–Kier alpha value is -7.56. The average Bonchev–Trinajstić information content (AvgIpc) is 3.66. The molecule has 57 heavy (non-hydrogen) atoms. The third-order valence-electron chi connectivity index (χ3n) is 11.2. The maximum absolute atomic E-state index is 6.84. The molecule has 268 valence electrons. The predicted octanol–water partition coefficient (Wildman–Crippen LogP) is 13.4. The summed E-state index contributed by atoms with van der Waals surface area (Å²) in [5.41, 5.74) is 11.6. The molecule has 1 aromatic heterocycles. The normalized spacial score (nSPS) is 14.1. The summed E-state index contributed by atoms with van der Waals surface area (Å²) < 4.78 is 6.84. The summed E-state index contributed by atoms with van der Waals surface area (Å²) in [6.45, 7) is 0. The van der Waals surface area contributed by atoms with Gasteiger partial charge in [-0.15, -0.1) is 0 Å². The highest BCUT2D eigenvalue weighted by molar-refractivity contribution is 6.21. The number of benzene rings is 9. The highest BCUT2D eigenvalue weighted by atomic mass is 16.3. The van der Waals surface area contributed by atoms with Crippen LogP contribution in [0.2, 0.25) is 0 Å². The van der Waals surface area contributed by atoms with Gasteiger partial charge in [-0.1, -0.05) is 182 Å². The molecule has 0 amide bonds. The summed E-state index contributed by atoms with van der Waals surface area (Å²) >= 11 is 0. The van der Waals surface area contributed by atoms with Crippen molar-refractivity contribution in [2.75, 3.05) is 0 Å². The number of nitrogens with one attached hydrogen (secondary N) is 1. The van der Waals surface area contributed by atoms with Crippen molar-refractivity contribution in [1.82, 2.24) is 5.32 Å². The van der Waals surface area contributed by atoms with Crippen LogP contribution in [0.3, 0.4) is 0 Å². The molecule has 2 heterocycles. The molecule has 10 aromatic rings. The number of rotatable bonds is 6. The summed E-state index contributed by atoms with van der Waals surface area (Å²) in [5.74, 6) is 1.49. The average molecular weight is 730 g/mol. The van der Waals surface area contributed by atoms with Gasteiger partial charge < -0.3 is 9.73 Å². The second-order valence-corrected chi connectivity index (χ2v) is 14.5. The molecule has 0 spiro atoms. The van der Waals surface area contributed by atoms with Gasteiger partial charge in [0.1, 0.15) is 23.2 Å². The van der Waals surface area contributed by atoms with Crippen molar-refractivity contribution in [2.24, 2.45) is 9.98 Å². The van der Waals surface area contributed by atoms with Crippen LogP contribution in [-0.2, 0) is 0 Å². The quantitative estimate of drug-likeness (QED) is 0.185. The first kappa shape index (κ1) is 32.8. The maximum atomic E-state index is 6.84. The highest BCUT2D eigenvalue weighted by Crippen LogP contribution is 2.45. The third kappa shape index (κ3) is 5.78. The minimum Gasteiger partial charge on any atom is -0.455 e. The van der Waals surface area contributed by atoms with Crippen molar-refractivity contribution in [3.8, 4) is 33.4 Å². The van der Waals surface area contributed by atoms with Gasteiger partial charge in [0.05, 0.1) is 0 Å². The number of amidine groups is 2. The fourth-order valence-corrected chi connectivity index (χ4v) is 8.35. The van der Waals surface area contributed by atoms with Crippen LogP contribution in [0.1, 0.15) is 22.9 Å². The molecule has 1 unspecified atom stereocenters. The SMILES string of the molecule is c1ccc(C2=NC(c3ccc(-c4ccccc4)cc3)=NC(c3ccc(-c4ccc(-c5ccccc5)c5oc6cc7ccccc7cc6c45)c4ccccc34)N2)cc1. The lowest BCUT2D eigenvalue weighted by atomic mass is 9.89. The number of aliphatic imine (C=N–C) groups is 2. The van der Waals surface area contributed by atoms with E-state index in [1.54, 1.807) is 0 Å². The van der Waals surface area contributed by atoms with Gasteiger partial charge in [0.15, 0.2) is 5.84 Å². The Bertz CT molecular complexity index is 3180. The van der Waals surface area contributed by atoms with E-state index >= 15 is 0 Å². The van der Waals surface area contributed by atoms with Gasteiger partial charge in [-0.05, 0) is 67.6 Å². The van der Waals surface area contributed by atoms with Crippen molar-refractivity contribution < 1.29 is 4.42 Å². The van der Waals surface area contributed by atoms with Crippen LogP contribution in [0.25, 0.3) is 76.9 Å². The smallest absolute Gasteiger partial charge is 0.159 e. The van der Waals surface area contributed by atoms with Gasteiger partial charge in [-0.3, -0.25) is 0 Å². The van der Waals surface area contributed by atoms with E-state index < -0.39 is 0 Å². The number of nitrogens with zero attached hydrogens (tertiary/aromatic N) is 2. The van der Waals surface area contributed by atoms with E-state index in [9.17, 15) is 0 Å². The van der Waals surface area contributed by atoms with Crippen LogP contribution in [0.5, 0.6) is 0 Å². The van der Waals surface area contributed by atoms with E-state index in [0.29, 0.717) is 5.84 Å². The molecule has 1 aliphatic rings. The van der Waals surface area contributed by atoms with Gasteiger partial charge in [0.2, 0.25) is 0 Å². The molecule has 0 radical (unpaired) electrons. The molecule has 11 rings (SSSR count). The molecular weight excluding hydrogens is 695 g/mol. The Kier molecular flexibility index (Phi) is 7.85. The molecule has 0 bridgehead atoms. The number of furan rings is 1. The molecule has 9 aromatic carbocycles. The Labute approximate surface area is 330 Å². The first-order chi connectivity index (χ1) is 28.2. The van der Waals surface area contributed by atoms with Gasteiger partial charge in [-0.25, -0.2) is 9.98 Å². The lowest BCUT2D eigenvalue weighted by Gasteiger charge is -2.25. The largest absolute Gasteiger partial charge is 0.455 e. The molecular formula is C53H35N3O. The van der Waals surface area contributed by atoms with E-state index in [1.165, 1.54) is 10.9 Å². The summed E-state index contributed by atoms with van der Waals surface area (Å²) in [6.07, 6.45) is -0.373. The van der Waals surface area contributed by atoms with Crippen LogP contribution >= 0.6 is 0 Å². The summed E-state index contributed by atoms with van der Waals surface area (Å²) in [6, 6.07) is 70.4. The molecule has 0 aliphatic carbocycles. The van der Waals surface area contributed by atoms with E-state index in [1.807, 2.05) is 24.3 Å². The summed E-state index contributed by atoms with van der Waals surface area (Å²) in [5, 5.41) is 10.6. The molecule has 0 saturated carbocycles. The van der Waals surface area contributed by atoms with Crippen LogP contribution < -0.4 is 5.32 Å². The zero-order chi connectivity index (χ0) is 37.7. The minimum atomic E-state index is -0.373. The molecule has 1 N–H and O–H groups in total. The van der Waals surface area contributed by atoms with Gasteiger partial charge in [0.25, 0.3) is 0 Å². The van der Waals surface area contributed by atoms with Crippen molar-refractivity contribution in [2.45, 2.75) is 6.17 Å².